The number of benzene rings is 2. The molecule has 0 aromatic heterocycles. The van der Waals surface area contributed by atoms with Crippen molar-refractivity contribution >= 4 is 11.9 Å². The van der Waals surface area contributed by atoms with Crippen molar-refractivity contribution in [2.75, 3.05) is 7.05 Å². The topological polar surface area (TPSA) is 57.6 Å². The lowest BCUT2D eigenvalue weighted by molar-refractivity contribution is -0.131. The lowest BCUT2D eigenvalue weighted by Gasteiger charge is -2.22. The van der Waals surface area contributed by atoms with Crippen molar-refractivity contribution in [3.8, 4) is 0 Å². The molecule has 0 fully saturated rings. The zero-order valence-electron chi connectivity index (χ0n) is 13.0. The molecule has 0 aliphatic carbocycles. The van der Waals surface area contributed by atoms with Crippen LogP contribution in [0.15, 0.2) is 48.5 Å². The summed E-state index contributed by atoms with van der Waals surface area (Å²) in [7, 11) is 1.67. The first-order chi connectivity index (χ1) is 10.9. The number of amides is 1. The van der Waals surface area contributed by atoms with Crippen molar-refractivity contribution in [1.29, 1.82) is 0 Å². The Labute approximate surface area is 134 Å². The van der Waals surface area contributed by atoms with Crippen LogP contribution in [0.25, 0.3) is 0 Å². The van der Waals surface area contributed by atoms with E-state index < -0.39 is 11.9 Å². The van der Waals surface area contributed by atoms with Gasteiger partial charge < -0.3 is 10.0 Å². The van der Waals surface area contributed by atoms with Crippen LogP contribution >= 0.6 is 0 Å². The van der Waals surface area contributed by atoms with Gasteiger partial charge in [0.25, 0.3) is 0 Å². The van der Waals surface area contributed by atoms with Gasteiger partial charge in [-0.25, -0.2) is 9.18 Å². The molecule has 2 rings (SSSR count). The highest BCUT2D eigenvalue weighted by atomic mass is 19.1. The highest BCUT2D eigenvalue weighted by Crippen LogP contribution is 2.19. The predicted molar refractivity (Wildman–Crippen MR) is 84.7 cm³/mol. The first-order valence-electron chi connectivity index (χ1n) is 7.21. The van der Waals surface area contributed by atoms with Gasteiger partial charge >= 0.3 is 5.97 Å². The Morgan fingerprint density at radius 3 is 2.39 bits per heavy atom. The number of nitrogens with zero attached hydrogens (tertiary/aromatic N) is 1. The molecule has 120 valence electrons. The number of likely N-dealkylation sites (N-methyl/N-ethyl adjacent to an activating group) is 1. The minimum absolute atomic E-state index is 0.127. The van der Waals surface area contributed by atoms with E-state index in [0.717, 1.165) is 5.56 Å². The molecule has 4 nitrogen and oxygen atoms in total. The molecule has 1 unspecified atom stereocenters. The number of hydrogen-bond acceptors (Lipinski definition) is 2. The van der Waals surface area contributed by atoms with Gasteiger partial charge in [-0.3, -0.25) is 4.79 Å². The fourth-order valence-corrected chi connectivity index (χ4v) is 2.35. The molecule has 0 bridgehead atoms. The van der Waals surface area contributed by atoms with Crippen molar-refractivity contribution in [3.63, 3.8) is 0 Å². The zero-order valence-corrected chi connectivity index (χ0v) is 13.0. The molecule has 23 heavy (non-hydrogen) atoms. The first-order valence-corrected chi connectivity index (χ1v) is 7.21. The number of rotatable bonds is 5. The second kappa shape index (κ2) is 7.05. The van der Waals surface area contributed by atoms with E-state index in [9.17, 15) is 14.0 Å². The standard InChI is InChI=1S/C18H18FNO3/c1-12(15-4-3-5-16(19)10-15)17(21)20(2)11-13-6-8-14(9-7-13)18(22)23/h3-10,12H,11H2,1-2H3,(H,22,23). The lowest BCUT2D eigenvalue weighted by atomic mass is 9.99. The summed E-state index contributed by atoms with van der Waals surface area (Å²) < 4.78 is 13.3. The lowest BCUT2D eigenvalue weighted by Crippen LogP contribution is -2.30. The molecule has 2 aromatic rings. The third kappa shape index (κ3) is 4.16. The third-order valence-electron chi connectivity index (χ3n) is 3.72. The Morgan fingerprint density at radius 1 is 1.17 bits per heavy atom. The summed E-state index contributed by atoms with van der Waals surface area (Å²) in [6.45, 7) is 2.10. The Kier molecular flexibility index (Phi) is 5.11. The Balaban J connectivity index is 2.06. The molecule has 1 atom stereocenters. The Bertz CT molecular complexity index is 712. The number of halogens is 1. The highest BCUT2D eigenvalue weighted by Gasteiger charge is 2.19. The average Bonchev–Trinajstić information content (AvgIpc) is 2.54. The number of carboxylic acid groups (broad SMARTS) is 1. The Morgan fingerprint density at radius 2 is 1.83 bits per heavy atom. The van der Waals surface area contributed by atoms with Crippen LogP contribution in [0, 0.1) is 5.82 Å². The zero-order chi connectivity index (χ0) is 17.0. The number of hydrogen-bond donors (Lipinski definition) is 1. The molecule has 0 spiro atoms. The van der Waals surface area contributed by atoms with Gasteiger partial charge in [-0.2, -0.15) is 0 Å². The monoisotopic (exact) mass is 315 g/mol. The fourth-order valence-electron chi connectivity index (χ4n) is 2.35. The van der Waals surface area contributed by atoms with E-state index in [1.165, 1.54) is 24.3 Å². The summed E-state index contributed by atoms with van der Waals surface area (Å²) in [5, 5.41) is 8.87. The number of carbonyl (C=O) groups is 2. The van der Waals surface area contributed by atoms with E-state index in [4.69, 9.17) is 5.11 Å². The van der Waals surface area contributed by atoms with Crippen molar-refractivity contribution in [3.05, 3.63) is 71.0 Å². The van der Waals surface area contributed by atoms with Gasteiger partial charge in [0.15, 0.2) is 0 Å². The normalized spacial score (nSPS) is 11.8. The maximum atomic E-state index is 13.3. The van der Waals surface area contributed by atoms with E-state index in [1.54, 1.807) is 43.1 Å². The van der Waals surface area contributed by atoms with Crippen molar-refractivity contribution in [1.82, 2.24) is 4.90 Å². The molecule has 0 saturated carbocycles. The molecule has 0 aliphatic rings. The summed E-state index contributed by atoms with van der Waals surface area (Å²) in [6.07, 6.45) is 0. The molecule has 5 heteroatoms. The first kappa shape index (κ1) is 16.7. The minimum Gasteiger partial charge on any atom is -0.478 e. The van der Waals surface area contributed by atoms with Gasteiger partial charge in [-0.1, -0.05) is 24.3 Å². The maximum Gasteiger partial charge on any atom is 0.335 e. The average molecular weight is 315 g/mol. The maximum absolute atomic E-state index is 13.3. The van der Waals surface area contributed by atoms with E-state index in [1.807, 2.05) is 0 Å². The predicted octanol–water partition coefficient (Wildman–Crippen LogP) is 3.29. The smallest absolute Gasteiger partial charge is 0.335 e. The van der Waals surface area contributed by atoms with Crippen molar-refractivity contribution < 1.29 is 19.1 Å². The van der Waals surface area contributed by atoms with Crippen LogP contribution in [0.4, 0.5) is 4.39 Å². The van der Waals surface area contributed by atoms with Gasteiger partial charge in [-0.15, -0.1) is 0 Å². The van der Waals surface area contributed by atoms with Crippen LogP contribution < -0.4 is 0 Å². The van der Waals surface area contributed by atoms with Crippen LogP contribution in [-0.2, 0) is 11.3 Å². The van der Waals surface area contributed by atoms with Crippen LogP contribution in [-0.4, -0.2) is 28.9 Å². The largest absolute Gasteiger partial charge is 0.478 e. The second-order valence-corrected chi connectivity index (χ2v) is 5.47. The molecule has 0 saturated heterocycles. The van der Waals surface area contributed by atoms with E-state index in [0.29, 0.717) is 12.1 Å². The van der Waals surface area contributed by atoms with Gasteiger partial charge in [0.2, 0.25) is 5.91 Å². The van der Waals surface area contributed by atoms with Crippen LogP contribution in [0.2, 0.25) is 0 Å². The number of carboxylic acids is 1. The summed E-state index contributed by atoms with van der Waals surface area (Å²) in [4.78, 5) is 24.8. The molecule has 2 aromatic carbocycles. The van der Waals surface area contributed by atoms with Crippen LogP contribution in [0.3, 0.4) is 0 Å². The molecule has 1 amide bonds. The van der Waals surface area contributed by atoms with Crippen LogP contribution in [0.5, 0.6) is 0 Å². The summed E-state index contributed by atoms with van der Waals surface area (Å²) in [6, 6.07) is 12.4. The second-order valence-electron chi connectivity index (χ2n) is 5.47. The van der Waals surface area contributed by atoms with E-state index >= 15 is 0 Å². The minimum atomic E-state index is -0.985. The van der Waals surface area contributed by atoms with Crippen LogP contribution in [0.1, 0.15) is 34.3 Å². The number of carbonyl (C=O) groups excluding carboxylic acids is 1. The molecule has 0 aliphatic heterocycles. The Hall–Kier alpha value is -2.69. The van der Waals surface area contributed by atoms with Gasteiger partial charge in [0.05, 0.1) is 11.5 Å². The highest BCUT2D eigenvalue weighted by molar-refractivity contribution is 5.87. The number of aromatic carboxylic acids is 1. The van der Waals surface area contributed by atoms with E-state index in [-0.39, 0.29) is 17.3 Å². The van der Waals surface area contributed by atoms with Gasteiger partial charge in [0.1, 0.15) is 5.82 Å². The quantitative estimate of drug-likeness (QED) is 0.921. The summed E-state index contributed by atoms with van der Waals surface area (Å²) in [5.74, 6) is -1.93. The third-order valence-corrected chi connectivity index (χ3v) is 3.72. The summed E-state index contributed by atoms with van der Waals surface area (Å²) >= 11 is 0. The molecule has 0 radical (unpaired) electrons. The van der Waals surface area contributed by atoms with Crippen molar-refractivity contribution in [2.24, 2.45) is 0 Å². The van der Waals surface area contributed by atoms with E-state index in [2.05, 4.69) is 0 Å². The molecular formula is C18H18FNO3. The van der Waals surface area contributed by atoms with Crippen molar-refractivity contribution in [2.45, 2.75) is 19.4 Å². The van der Waals surface area contributed by atoms with Gasteiger partial charge in [0, 0.05) is 13.6 Å². The fraction of sp³-hybridized carbons (Fsp3) is 0.222. The molecule has 0 heterocycles. The van der Waals surface area contributed by atoms with Gasteiger partial charge in [-0.05, 0) is 42.3 Å². The molecular weight excluding hydrogens is 297 g/mol. The summed E-state index contributed by atoms with van der Waals surface area (Å²) in [5.41, 5.74) is 1.66. The SMILES string of the molecule is CC(C(=O)N(C)Cc1ccc(C(=O)O)cc1)c1cccc(F)c1. The molecule has 1 N–H and O–H groups in total.